The summed E-state index contributed by atoms with van der Waals surface area (Å²) in [5, 5.41) is 5.08. The van der Waals surface area contributed by atoms with E-state index in [0.717, 1.165) is 4.90 Å². The quantitative estimate of drug-likeness (QED) is 0.124. The molecule has 3 amide bonds. The molecule has 0 aliphatic carbocycles. The molecule has 17 nitrogen and oxygen atoms in total. The fourth-order valence-electron chi connectivity index (χ4n) is 8.67. The third-order valence-corrected chi connectivity index (χ3v) is 10.9. The van der Waals surface area contributed by atoms with E-state index in [9.17, 15) is 28.8 Å². The number of amides is 3. The lowest BCUT2D eigenvalue weighted by atomic mass is 9.96. The lowest BCUT2D eigenvalue weighted by Crippen LogP contribution is -2.60. The number of carbonyl (C=O) groups excluding carboxylic acids is 6. The average molecular weight is 799 g/mol. The highest BCUT2D eigenvalue weighted by molar-refractivity contribution is 6.39. The molecule has 17 heteroatoms. The van der Waals surface area contributed by atoms with E-state index in [4.69, 9.17) is 33.2 Å². The molecule has 0 bridgehead atoms. The fourth-order valence-corrected chi connectivity index (χ4v) is 8.67. The Morgan fingerprint density at radius 2 is 1.47 bits per heavy atom. The Morgan fingerprint density at radius 3 is 2.14 bits per heavy atom. The van der Waals surface area contributed by atoms with E-state index in [1.807, 2.05) is 42.5 Å². The minimum Gasteiger partial charge on any atom is -0.460 e. The molecule has 0 saturated carbocycles. The zero-order valence-electron chi connectivity index (χ0n) is 32.6. The van der Waals surface area contributed by atoms with Crippen LogP contribution in [0.2, 0.25) is 0 Å². The van der Waals surface area contributed by atoms with Crippen LogP contribution in [-0.4, -0.2) is 120 Å². The van der Waals surface area contributed by atoms with Gasteiger partial charge >= 0.3 is 17.9 Å². The molecule has 3 aliphatic heterocycles. The zero-order chi connectivity index (χ0) is 41.2. The molecule has 8 atom stereocenters. The van der Waals surface area contributed by atoms with Gasteiger partial charge in [-0.05, 0) is 12.1 Å². The number of aromatic amines is 1. The van der Waals surface area contributed by atoms with Crippen LogP contribution in [0.25, 0.3) is 43.6 Å². The maximum Gasteiger partial charge on any atom is 0.303 e. The number of ether oxygens (including phenoxy) is 7. The van der Waals surface area contributed by atoms with Crippen molar-refractivity contribution in [1.82, 2.24) is 19.8 Å². The Bertz CT molecular complexity index is 2530. The summed E-state index contributed by atoms with van der Waals surface area (Å²) >= 11 is 0. The third-order valence-electron chi connectivity index (χ3n) is 10.9. The molecule has 0 radical (unpaired) electrons. The number of imide groups is 1. The Morgan fingerprint density at radius 1 is 0.828 bits per heavy atom. The highest BCUT2D eigenvalue weighted by Gasteiger charge is 2.53. The summed E-state index contributed by atoms with van der Waals surface area (Å²) in [5.74, 6) is -3.17. The number of methoxy groups -OCH3 is 1. The topological polar surface area (TPSA) is 203 Å². The molecule has 0 spiro atoms. The molecule has 2 aromatic heterocycles. The van der Waals surface area contributed by atoms with E-state index in [0.29, 0.717) is 43.6 Å². The van der Waals surface area contributed by atoms with Gasteiger partial charge in [-0.25, -0.2) is 0 Å². The molecule has 304 valence electrons. The summed E-state index contributed by atoms with van der Waals surface area (Å²) in [6.45, 7) is 4.83. The monoisotopic (exact) mass is 798 g/mol. The molecule has 8 rings (SSSR count). The van der Waals surface area contributed by atoms with Crippen molar-refractivity contribution in [2.75, 3.05) is 27.4 Å². The first kappa shape index (κ1) is 39.0. The van der Waals surface area contributed by atoms with Crippen molar-refractivity contribution in [2.45, 2.75) is 83.2 Å². The number of nitrogens with zero attached hydrogens (tertiary/aromatic N) is 2. The highest BCUT2D eigenvalue weighted by atomic mass is 16.7. The maximum absolute atomic E-state index is 14.1. The summed E-state index contributed by atoms with van der Waals surface area (Å²) in [6, 6.07) is 14.1. The molecule has 0 unspecified atom stereocenters. The van der Waals surface area contributed by atoms with Gasteiger partial charge in [-0.2, -0.15) is 0 Å². The Labute approximate surface area is 330 Å². The van der Waals surface area contributed by atoms with Crippen LogP contribution in [0.4, 0.5) is 0 Å². The van der Waals surface area contributed by atoms with Gasteiger partial charge in [-0.3, -0.25) is 33.7 Å². The summed E-state index contributed by atoms with van der Waals surface area (Å²) < 4.78 is 44.2. The zero-order valence-corrected chi connectivity index (χ0v) is 32.6. The number of hydrogen-bond donors (Lipinski definition) is 2. The van der Waals surface area contributed by atoms with Gasteiger partial charge in [0.1, 0.15) is 18.3 Å². The molecule has 5 aromatic rings. The fraction of sp³-hybridized carbons (Fsp3) is 0.415. The summed E-state index contributed by atoms with van der Waals surface area (Å²) in [5.41, 5.74) is 2.76. The van der Waals surface area contributed by atoms with E-state index in [-0.39, 0.29) is 36.7 Å². The van der Waals surface area contributed by atoms with Gasteiger partial charge < -0.3 is 48.0 Å². The van der Waals surface area contributed by atoms with Crippen LogP contribution in [0.15, 0.2) is 48.5 Å². The van der Waals surface area contributed by atoms with Crippen LogP contribution in [0, 0.1) is 0 Å². The van der Waals surface area contributed by atoms with E-state index >= 15 is 0 Å². The smallest absolute Gasteiger partial charge is 0.303 e. The first-order valence-corrected chi connectivity index (χ1v) is 18.8. The number of para-hydroxylation sites is 2. The predicted molar refractivity (Wildman–Crippen MR) is 205 cm³/mol. The Kier molecular flexibility index (Phi) is 10.2. The number of esters is 3. The number of fused-ring (bicyclic) bond motifs is 10. The lowest BCUT2D eigenvalue weighted by molar-refractivity contribution is -0.281. The molecule has 5 heterocycles. The van der Waals surface area contributed by atoms with Crippen molar-refractivity contribution in [3.05, 3.63) is 59.7 Å². The van der Waals surface area contributed by atoms with Crippen molar-refractivity contribution in [1.29, 1.82) is 0 Å². The van der Waals surface area contributed by atoms with Gasteiger partial charge in [0, 0.05) is 75.3 Å². The van der Waals surface area contributed by atoms with Crippen LogP contribution in [-0.2, 0) is 52.3 Å². The normalized spacial score (nSPS) is 26.0. The van der Waals surface area contributed by atoms with Crippen molar-refractivity contribution >= 4 is 79.2 Å². The molecular formula is C41H42N4O13. The summed E-state index contributed by atoms with van der Waals surface area (Å²) in [7, 11) is 2.84. The Hall–Kier alpha value is -5.88. The van der Waals surface area contributed by atoms with Crippen LogP contribution in [0.1, 0.15) is 61.1 Å². The first-order valence-electron chi connectivity index (χ1n) is 18.8. The van der Waals surface area contributed by atoms with Gasteiger partial charge in [0.15, 0.2) is 24.7 Å². The average Bonchev–Trinajstić information content (AvgIpc) is 3.79. The number of benzene rings is 3. The van der Waals surface area contributed by atoms with Gasteiger partial charge in [0.2, 0.25) is 5.91 Å². The van der Waals surface area contributed by atoms with Crippen molar-refractivity contribution in [3.63, 3.8) is 0 Å². The maximum atomic E-state index is 14.1. The lowest BCUT2D eigenvalue weighted by Gasteiger charge is -2.45. The molecular weight excluding hydrogens is 756 g/mol. The van der Waals surface area contributed by atoms with E-state index < -0.39 is 78.8 Å². The standard InChI is InChI=1S/C41H42N4O13/c1-18(46)42-25-16-53-29(15-27(25)55-19(2)47)54-17-28-36(52-6)37(56-20(3)48)38(57-21(4)49)41(58-28)45-26-14-10-8-12-23(26)31-33-32(39(50)44(5)40(33)51)30-22-11-7-9-13-24(22)43-34(30)35(31)45/h7-14,25,27-29,36-38,41,43H,15-17H2,1-6H3,(H,42,46)/t25-,27-,28+,29-,36+,37-,38+,41+/m0/s1. The minimum absolute atomic E-state index is 0.0166. The van der Waals surface area contributed by atoms with E-state index in [1.54, 1.807) is 10.6 Å². The number of H-pyrrole nitrogens is 1. The van der Waals surface area contributed by atoms with Crippen molar-refractivity contribution in [2.24, 2.45) is 0 Å². The van der Waals surface area contributed by atoms with Crippen LogP contribution < -0.4 is 5.32 Å². The summed E-state index contributed by atoms with van der Waals surface area (Å²) in [4.78, 5) is 82.1. The largest absolute Gasteiger partial charge is 0.460 e. The molecule has 3 aromatic carbocycles. The van der Waals surface area contributed by atoms with Gasteiger partial charge in [0.25, 0.3) is 11.8 Å². The van der Waals surface area contributed by atoms with Crippen molar-refractivity contribution < 1.29 is 61.9 Å². The highest BCUT2D eigenvalue weighted by Crippen LogP contribution is 2.48. The van der Waals surface area contributed by atoms with Crippen molar-refractivity contribution in [3.8, 4) is 0 Å². The number of rotatable bonds is 9. The minimum atomic E-state index is -1.31. The second-order valence-electron chi connectivity index (χ2n) is 14.7. The molecule has 2 fully saturated rings. The van der Waals surface area contributed by atoms with Gasteiger partial charge in [0.05, 0.1) is 46.9 Å². The second kappa shape index (κ2) is 15.1. The number of aromatic nitrogens is 2. The summed E-state index contributed by atoms with van der Waals surface area (Å²) in [6.07, 6.45) is -7.50. The SMILES string of the molecule is CO[C@H]1[C@H](OC(C)=O)[C@@H](OC(C)=O)[C@H](n2c3ccccc3c3c4c(c5c6ccccc6[nH]c5c32)C(=O)N(C)C4=O)O[C@@H]1CO[C@H]1C[C@H](OC(C)=O)[C@@H](NC(C)=O)CO1. The predicted octanol–water partition coefficient (Wildman–Crippen LogP) is 3.63. The molecule has 58 heavy (non-hydrogen) atoms. The van der Waals surface area contributed by atoms with Crippen LogP contribution in [0.5, 0.6) is 0 Å². The van der Waals surface area contributed by atoms with Crippen LogP contribution in [0.3, 0.4) is 0 Å². The van der Waals surface area contributed by atoms with Gasteiger partial charge in [-0.1, -0.05) is 36.4 Å². The van der Waals surface area contributed by atoms with E-state index in [1.165, 1.54) is 41.9 Å². The Balaban J connectivity index is 1.30. The van der Waals surface area contributed by atoms with Gasteiger partial charge in [-0.15, -0.1) is 0 Å². The molecule has 2 saturated heterocycles. The third kappa shape index (κ3) is 6.53. The number of hydrogen-bond acceptors (Lipinski definition) is 13. The van der Waals surface area contributed by atoms with Crippen LogP contribution >= 0.6 is 0 Å². The second-order valence-corrected chi connectivity index (χ2v) is 14.7. The molecule has 3 aliphatic rings. The number of carbonyl (C=O) groups is 6. The van der Waals surface area contributed by atoms with E-state index in [2.05, 4.69) is 10.3 Å². The molecule has 2 N–H and O–H groups in total. The first-order chi connectivity index (χ1) is 27.8. The number of nitrogens with one attached hydrogen (secondary N) is 2.